The number of carbonyl (C=O) groups excluding carboxylic acids is 1. The Labute approximate surface area is 208 Å². The number of rotatable bonds is 7. The fraction of sp³-hybridized carbons (Fsp3) is 0.296. The molecule has 5 rings (SSSR count). The SMILES string of the molecule is CCOc1nc2c(c(C)nn2-c2cccc(F)c2)c(C)c1CCC(=O)Nc1ccc2c(c1)OCCO2. The number of anilines is 1. The quantitative estimate of drug-likeness (QED) is 0.396. The van der Waals surface area contributed by atoms with Gasteiger partial charge in [0, 0.05) is 29.1 Å². The summed E-state index contributed by atoms with van der Waals surface area (Å²) >= 11 is 0. The van der Waals surface area contributed by atoms with E-state index in [0.717, 1.165) is 22.2 Å². The number of aromatic nitrogens is 3. The molecule has 1 amide bonds. The topological polar surface area (TPSA) is 87.5 Å². The first-order valence-electron chi connectivity index (χ1n) is 11.9. The first-order valence-corrected chi connectivity index (χ1v) is 11.9. The monoisotopic (exact) mass is 490 g/mol. The van der Waals surface area contributed by atoms with Crippen molar-refractivity contribution in [2.45, 2.75) is 33.6 Å². The third-order valence-corrected chi connectivity index (χ3v) is 6.09. The molecule has 0 atom stereocenters. The Morgan fingerprint density at radius 3 is 2.72 bits per heavy atom. The Kier molecular flexibility index (Phi) is 6.45. The van der Waals surface area contributed by atoms with Crippen molar-refractivity contribution in [3.05, 3.63) is 65.1 Å². The zero-order chi connectivity index (χ0) is 25.2. The Bertz CT molecular complexity index is 1450. The lowest BCUT2D eigenvalue weighted by Gasteiger charge is -2.19. The predicted octanol–water partition coefficient (Wildman–Crippen LogP) is 4.92. The van der Waals surface area contributed by atoms with E-state index >= 15 is 0 Å². The van der Waals surface area contributed by atoms with Crippen LogP contribution >= 0.6 is 0 Å². The van der Waals surface area contributed by atoms with Gasteiger partial charge in [-0.1, -0.05) is 6.07 Å². The van der Waals surface area contributed by atoms with Crippen molar-refractivity contribution in [2.75, 3.05) is 25.1 Å². The van der Waals surface area contributed by atoms with Gasteiger partial charge in [-0.05, 0) is 63.1 Å². The van der Waals surface area contributed by atoms with Crippen LogP contribution < -0.4 is 19.5 Å². The standard InChI is InChI=1S/C27H27FN4O4/c1-4-34-27-21(9-11-24(33)29-19-8-10-22-23(15-19)36-13-12-35-22)16(2)25-17(3)31-32(26(25)30-27)20-7-5-6-18(28)14-20/h5-8,10,14-15H,4,9,11-13H2,1-3H3,(H,29,33). The van der Waals surface area contributed by atoms with Crippen molar-refractivity contribution in [3.8, 4) is 23.1 Å². The lowest BCUT2D eigenvalue weighted by atomic mass is 10.0. The van der Waals surface area contributed by atoms with E-state index in [4.69, 9.17) is 19.2 Å². The van der Waals surface area contributed by atoms with Gasteiger partial charge >= 0.3 is 0 Å². The van der Waals surface area contributed by atoms with Crippen molar-refractivity contribution in [1.82, 2.24) is 14.8 Å². The third kappa shape index (κ3) is 4.56. The van der Waals surface area contributed by atoms with E-state index in [0.29, 0.717) is 60.6 Å². The van der Waals surface area contributed by atoms with Gasteiger partial charge in [0.25, 0.3) is 0 Å². The number of aryl methyl sites for hydroxylation is 2. The number of nitrogens with one attached hydrogen (secondary N) is 1. The molecular formula is C27H27FN4O4. The van der Waals surface area contributed by atoms with Crippen molar-refractivity contribution in [3.63, 3.8) is 0 Å². The molecule has 0 spiro atoms. The highest BCUT2D eigenvalue weighted by atomic mass is 19.1. The van der Waals surface area contributed by atoms with Crippen LogP contribution in [-0.4, -0.2) is 40.5 Å². The van der Waals surface area contributed by atoms with Crippen LogP contribution in [0.1, 0.15) is 30.2 Å². The lowest BCUT2D eigenvalue weighted by molar-refractivity contribution is -0.116. The zero-order valence-corrected chi connectivity index (χ0v) is 20.4. The van der Waals surface area contributed by atoms with E-state index in [2.05, 4.69) is 10.4 Å². The molecule has 0 bridgehead atoms. The van der Waals surface area contributed by atoms with Gasteiger partial charge in [-0.15, -0.1) is 0 Å². The highest BCUT2D eigenvalue weighted by molar-refractivity contribution is 5.91. The van der Waals surface area contributed by atoms with Crippen LogP contribution in [0.15, 0.2) is 42.5 Å². The molecule has 2 aromatic carbocycles. The van der Waals surface area contributed by atoms with Crippen LogP contribution in [0.2, 0.25) is 0 Å². The maximum absolute atomic E-state index is 13.9. The number of benzene rings is 2. The summed E-state index contributed by atoms with van der Waals surface area (Å²) in [6.45, 7) is 7.17. The Morgan fingerprint density at radius 2 is 1.94 bits per heavy atom. The molecule has 0 radical (unpaired) electrons. The second-order valence-corrected chi connectivity index (χ2v) is 8.54. The van der Waals surface area contributed by atoms with Crippen molar-refractivity contribution in [1.29, 1.82) is 0 Å². The molecule has 4 aromatic rings. The van der Waals surface area contributed by atoms with E-state index in [9.17, 15) is 9.18 Å². The molecule has 0 fully saturated rings. The molecule has 8 nitrogen and oxygen atoms in total. The van der Waals surface area contributed by atoms with E-state index < -0.39 is 0 Å². The highest BCUT2D eigenvalue weighted by Gasteiger charge is 2.21. The molecule has 1 N–H and O–H groups in total. The second-order valence-electron chi connectivity index (χ2n) is 8.54. The van der Waals surface area contributed by atoms with Crippen LogP contribution in [0.5, 0.6) is 17.4 Å². The fourth-order valence-corrected chi connectivity index (χ4v) is 4.45. The molecule has 0 saturated carbocycles. The van der Waals surface area contributed by atoms with E-state index in [1.165, 1.54) is 12.1 Å². The number of nitrogens with zero attached hydrogens (tertiary/aromatic N) is 3. The summed E-state index contributed by atoms with van der Waals surface area (Å²) in [7, 11) is 0. The molecule has 186 valence electrons. The zero-order valence-electron chi connectivity index (χ0n) is 20.4. The smallest absolute Gasteiger partial charge is 0.224 e. The summed E-state index contributed by atoms with van der Waals surface area (Å²) < 4.78 is 32.5. The maximum atomic E-state index is 13.9. The average Bonchev–Trinajstić information content (AvgIpc) is 3.20. The van der Waals surface area contributed by atoms with Crippen LogP contribution in [0.3, 0.4) is 0 Å². The molecule has 36 heavy (non-hydrogen) atoms. The van der Waals surface area contributed by atoms with Gasteiger partial charge in [0.1, 0.15) is 19.0 Å². The second kappa shape index (κ2) is 9.85. The van der Waals surface area contributed by atoms with Gasteiger partial charge in [-0.3, -0.25) is 4.79 Å². The lowest BCUT2D eigenvalue weighted by Crippen LogP contribution is -2.17. The number of ether oxygens (including phenoxy) is 3. The van der Waals surface area contributed by atoms with Crippen LogP contribution in [0.25, 0.3) is 16.7 Å². The van der Waals surface area contributed by atoms with Gasteiger partial charge < -0.3 is 19.5 Å². The molecule has 3 heterocycles. The molecular weight excluding hydrogens is 463 g/mol. The van der Waals surface area contributed by atoms with Crippen LogP contribution in [0.4, 0.5) is 10.1 Å². The molecule has 0 saturated heterocycles. The number of carbonyl (C=O) groups is 1. The Balaban J connectivity index is 1.41. The summed E-state index contributed by atoms with van der Waals surface area (Å²) in [5.74, 6) is 1.25. The van der Waals surface area contributed by atoms with E-state index in [1.54, 1.807) is 35.0 Å². The van der Waals surface area contributed by atoms with Gasteiger partial charge in [0.2, 0.25) is 11.8 Å². The number of amides is 1. The molecule has 0 unspecified atom stereocenters. The summed E-state index contributed by atoms with van der Waals surface area (Å²) in [4.78, 5) is 17.5. The largest absolute Gasteiger partial charge is 0.486 e. The molecule has 1 aliphatic rings. The fourth-order valence-electron chi connectivity index (χ4n) is 4.45. The normalized spacial score (nSPS) is 12.6. The minimum atomic E-state index is -0.351. The van der Waals surface area contributed by atoms with Crippen LogP contribution in [-0.2, 0) is 11.2 Å². The summed E-state index contributed by atoms with van der Waals surface area (Å²) in [6.07, 6.45) is 0.671. The minimum Gasteiger partial charge on any atom is -0.486 e. The van der Waals surface area contributed by atoms with Gasteiger partial charge in [-0.25, -0.2) is 9.07 Å². The summed E-state index contributed by atoms with van der Waals surface area (Å²) in [6, 6.07) is 11.6. The number of hydrogen-bond donors (Lipinski definition) is 1. The molecule has 2 aromatic heterocycles. The number of hydrogen-bond acceptors (Lipinski definition) is 6. The summed E-state index contributed by atoms with van der Waals surface area (Å²) in [5, 5.41) is 8.41. The summed E-state index contributed by atoms with van der Waals surface area (Å²) in [5.41, 5.74) is 4.37. The van der Waals surface area contributed by atoms with Crippen LogP contribution in [0, 0.1) is 19.7 Å². The number of fused-ring (bicyclic) bond motifs is 2. The molecule has 0 aliphatic carbocycles. The van der Waals surface area contributed by atoms with Crippen molar-refractivity contribution in [2.24, 2.45) is 0 Å². The molecule has 1 aliphatic heterocycles. The van der Waals surface area contributed by atoms with Crippen molar-refractivity contribution >= 4 is 22.6 Å². The number of pyridine rings is 1. The Morgan fingerprint density at radius 1 is 1.14 bits per heavy atom. The maximum Gasteiger partial charge on any atom is 0.224 e. The van der Waals surface area contributed by atoms with E-state index in [1.807, 2.05) is 20.8 Å². The highest BCUT2D eigenvalue weighted by Crippen LogP contribution is 2.34. The van der Waals surface area contributed by atoms with E-state index in [-0.39, 0.29) is 18.1 Å². The Hall–Kier alpha value is -4.14. The number of halogens is 1. The average molecular weight is 491 g/mol. The van der Waals surface area contributed by atoms with Gasteiger partial charge in [-0.2, -0.15) is 10.1 Å². The minimum absolute atomic E-state index is 0.138. The predicted molar refractivity (Wildman–Crippen MR) is 134 cm³/mol. The van der Waals surface area contributed by atoms with Gasteiger partial charge in [0.15, 0.2) is 17.1 Å². The third-order valence-electron chi connectivity index (χ3n) is 6.09. The first kappa shape index (κ1) is 23.6. The van der Waals surface area contributed by atoms with Gasteiger partial charge in [0.05, 0.1) is 18.0 Å². The molecule has 9 heteroatoms. The first-order chi connectivity index (χ1) is 17.4. The van der Waals surface area contributed by atoms with Crippen molar-refractivity contribution < 1.29 is 23.4 Å².